The molecule has 0 amide bonds. The Kier molecular flexibility index (Phi) is 4.42. The quantitative estimate of drug-likeness (QED) is 0.658. The minimum Gasteiger partial charge on any atom is -0.478 e. The van der Waals surface area contributed by atoms with E-state index >= 15 is 0 Å². The van der Waals surface area contributed by atoms with E-state index in [0.717, 1.165) is 19.4 Å². The first-order valence-corrected chi connectivity index (χ1v) is 6.84. The standard InChI is InChI=1S/C14H19N3O4/c1-15-8-4-5-10(15)9-16(2)13-11(14(18)19)6-3-7-12(13)17(20)21/h3,6-7,10H,4-5,8-9H2,1-2H3,(H,18,19). The number of nitrogens with zero attached hydrogens (tertiary/aromatic N) is 3. The molecule has 1 unspecified atom stereocenters. The molecule has 0 saturated carbocycles. The Balaban J connectivity index is 2.35. The number of hydrogen-bond donors (Lipinski definition) is 1. The Morgan fingerprint density at radius 2 is 2.29 bits per heavy atom. The molecule has 1 atom stereocenters. The van der Waals surface area contributed by atoms with Crippen molar-refractivity contribution in [3.63, 3.8) is 0 Å². The summed E-state index contributed by atoms with van der Waals surface area (Å²) < 4.78 is 0. The van der Waals surface area contributed by atoms with Crippen molar-refractivity contribution in [3.05, 3.63) is 33.9 Å². The molecular weight excluding hydrogens is 274 g/mol. The Bertz CT molecular complexity index is 529. The van der Waals surface area contributed by atoms with Gasteiger partial charge in [-0.3, -0.25) is 10.1 Å². The summed E-state index contributed by atoms with van der Waals surface area (Å²) in [5.41, 5.74) is -0.0271. The predicted octanol–water partition coefficient (Wildman–Crippen LogP) is 1.82. The van der Waals surface area contributed by atoms with E-state index in [0.29, 0.717) is 6.54 Å². The molecule has 0 aliphatic carbocycles. The van der Waals surface area contributed by atoms with Crippen molar-refractivity contribution in [2.75, 3.05) is 32.1 Å². The molecule has 21 heavy (non-hydrogen) atoms. The van der Waals surface area contributed by atoms with E-state index in [1.54, 1.807) is 11.9 Å². The highest BCUT2D eigenvalue weighted by molar-refractivity contribution is 5.97. The second kappa shape index (κ2) is 6.09. The summed E-state index contributed by atoms with van der Waals surface area (Å²) in [7, 11) is 3.73. The second-order valence-electron chi connectivity index (χ2n) is 5.39. The van der Waals surface area contributed by atoms with Crippen molar-refractivity contribution in [3.8, 4) is 0 Å². The monoisotopic (exact) mass is 293 g/mol. The van der Waals surface area contributed by atoms with Crippen LogP contribution >= 0.6 is 0 Å². The number of likely N-dealkylation sites (tertiary alicyclic amines) is 1. The number of hydrogen-bond acceptors (Lipinski definition) is 5. The summed E-state index contributed by atoms with van der Waals surface area (Å²) in [6, 6.07) is 4.44. The molecule has 1 saturated heterocycles. The summed E-state index contributed by atoms with van der Waals surface area (Å²) in [6.45, 7) is 1.57. The first-order valence-electron chi connectivity index (χ1n) is 6.84. The third-order valence-electron chi connectivity index (χ3n) is 3.98. The average molecular weight is 293 g/mol. The van der Waals surface area contributed by atoms with Gasteiger partial charge in [-0.1, -0.05) is 6.07 Å². The number of anilines is 1. The highest BCUT2D eigenvalue weighted by Gasteiger charge is 2.28. The minimum atomic E-state index is -1.15. The van der Waals surface area contributed by atoms with Gasteiger partial charge in [0.25, 0.3) is 5.69 Å². The smallest absolute Gasteiger partial charge is 0.338 e. The van der Waals surface area contributed by atoms with E-state index in [4.69, 9.17) is 0 Å². The van der Waals surface area contributed by atoms with E-state index < -0.39 is 10.9 Å². The summed E-state index contributed by atoms with van der Waals surface area (Å²) in [6.07, 6.45) is 2.11. The molecule has 0 spiro atoms. The number of carboxylic acid groups (broad SMARTS) is 1. The molecule has 1 aromatic rings. The highest BCUT2D eigenvalue weighted by atomic mass is 16.6. The summed E-state index contributed by atoms with van der Waals surface area (Å²) >= 11 is 0. The van der Waals surface area contributed by atoms with Crippen molar-refractivity contribution in [2.24, 2.45) is 0 Å². The molecule has 7 heteroatoms. The lowest BCUT2D eigenvalue weighted by molar-refractivity contribution is -0.384. The van der Waals surface area contributed by atoms with Crippen LogP contribution in [0.2, 0.25) is 0 Å². The Labute approximate surface area is 122 Å². The molecule has 0 aromatic heterocycles. The molecule has 1 N–H and O–H groups in total. The summed E-state index contributed by atoms with van der Waals surface area (Å²) in [5, 5.41) is 20.5. The number of nitro benzene ring substituents is 1. The van der Waals surface area contributed by atoms with Crippen LogP contribution in [0.4, 0.5) is 11.4 Å². The first-order chi connectivity index (χ1) is 9.91. The number of rotatable bonds is 5. The number of nitro groups is 1. The van der Waals surface area contributed by atoms with Crippen LogP contribution < -0.4 is 4.90 Å². The SMILES string of the molecule is CN(CC1CCCN1C)c1c(C(=O)O)cccc1[N+](=O)[O-]. The van der Waals surface area contributed by atoms with Crippen molar-refractivity contribution in [1.29, 1.82) is 0 Å². The van der Waals surface area contributed by atoms with Gasteiger partial charge in [-0.15, -0.1) is 0 Å². The first kappa shape index (κ1) is 15.2. The van der Waals surface area contributed by atoms with E-state index in [1.807, 2.05) is 7.05 Å². The lowest BCUT2D eigenvalue weighted by atomic mass is 10.1. The van der Waals surface area contributed by atoms with Crippen LogP contribution in [0.15, 0.2) is 18.2 Å². The van der Waals surface area contributed by atoms with Gasteiger partial charge in [-0.05, 0) is 32.5 Å². The van der Waals surface area contributed by atoms with Crippen LogP contribution in [0, 0.1) is 10.1 Å². The van der Waals surface area contributed by atoms with E-state index in [-0.39, 0.29) is 23.0 Å². The number of likely N-dealkylation sites (N-methyl/N-ethyl adjacent to an activating group) is 2. The predicted molar refractivity (Wildman–Crippen MR) is 79.0 cm³/mol. The number of carbonyl (C=O) groups is 1. The minimum absolute atomic E-state index is 0.0349. The molecule has 0 radical (unpaired) electrons. The topological polar surface area (TPSA) is 86.9 Å². The fourth-order valence-corrected chi connectivity index (χ4v) is 2.87. The molecule has 7 nitrogen and oxygen atoms in total. The van der Waals surface area contributed by atoms with Gasteiger partial charge in [0.1, 0.15) is 5.69 Å². The lowest BCUT2D eigenvalue weighted by Gasteiger charge is -2.27. The van der Waals surface area contributed by atoms with Gasteiger partial charge in [-0.2, -0.15) is 0 Å². The molecule has 1 aliphatic heterocycles. The molecule has 1 aliphatic rings. The van der Waals surface area contributed by atoms with Crippen molar-refractivity contribution < 1.29 is 14.8 Å². The van der Waals surface area contributed by atoms with Crippen LogP contribution in [0.5, 0.6) is 0 Å². The van der Waals surface area contributed by atoms with Crippen LogP contribution in [-0.2, 0) is 0 Å². The van der Waals surface area contributed by atoms with Gasteiger partial charge in [0, 0.05) is 25.7 Å². The van der Waals surface area contributed by atoms with Crippen molar-refractivity contribution in [2.45, 2.75) is 18.9 Å². The van der Waals surface area contributed by atoms with Crippen LogP contribution in [0.3, 0.4) is 0 Å². The third-order valence-corrected chi connectivity index (χ3v) is 3.98. The van der Waals surface area contributed by atoms with Crippen molar-refractivity contribution >= 4 is 17.3 Å². The number of carboxylic acids is 1. The van der Waals surface area contributed by atoms with Gasteiger partial charge in [-0.25, -0.2) is 4.79 Å². The fourth-order valence-electron chi connectivity index (χ4n) is 2.87. The fraction of sp³-hybridized carbons (Fsp3) is 0.500. The van der Waals surface area contributed by atoms with E-state index in [2.05, 4.69) is 4.90 Å². The normalized spacial score (nSPS) is 18.7. The molecule has 1 fully saturated rings. The Morgan fingerprint density at radius 1 is 1.57 bits per heavy atom. The van der Waals surface area contributed by atoms with Gasteiger partial charge < -0.3 is 14.9 Å². The number of benzene rings is 1. The number of para-hydroxylation sites is 1. The maximum atomic E-state index is 11.3. The van der Waals surface area contributed by atoms with Crippen LogP contribution in [0.25, 0.3) is 0 Å². The largest absolute Gasteiger partial charge is 0.478 e. The molecule has 0 bridgehead atoms. The van der Waals surface area contributed by atoms with Gasteiger partial charge in [0.2, 0.25) is 0 Å². The van der Waals surface area contributed by atoms with Gasteiger partial charge in [0.05, 0.1) is 10.5 Å². The van der Waals surface area contributed by atoms with Crippen LogP contribution in [-0.4, -0.2) is 54.1 Å². The molecule has 1 heterocycles. The van der Waals surface area contributed by atoms with Crippen molar-refractivity contribution in [1.82, 2.24) is 4.90 Å². The maximum Gasteiger partial charge on any atom is 0.338 e. The third kappa shape index (κ3) is 3.13. The highest BCUT2D eigenvalue weighted by Crippen LogP contribution is 2.32. The molecule has 1 aromatic carbocycles. The molecule has 114 valence electrons. The van der Waals surface area contributed by atoms with Crippen LogP contribution in [0.1, 0.15) is 23.2 Å². The Hall–Kier alpha value is -2.15. The van der Waals surface area contributed by atoms with Gasteiger partial charge >= 0.3 is 5.97 Å². The summed E-state index contributed by atoms with van der Waals surface area (Å²) in [5.74, 6) is -1.15. The number of aromatic carboxylic acids is 1. The molecular formula is C14H19N3O4. The Morgan fingerprint density at radius 3 is 2.81 bits per heavy atom. The summed E-state index contributed by atoms with van der Waals surface area (Å²) in [4.78, 5) is 25.9. The van der Waals surface area contributed by atoms with Gasteiger partial charge in [0.15, 0.2) is 0 Å². The molecule has 2 rings (SSSR count). The second-order valence-corrected chi connectivity index (χ2v) is 5.39. The zero-order chi connectivity index (χ0) is 15.6. The maximum absolute atomic E-state index is 11.3. The van der Waals surface area contributed by atoms with E-state index in [9.17, 15) is 20.0 Å². The average Bonchev–Trinajstić information content (AvgIpc) is 2.83. The van der Waals surface area contributed by atoms with E-state index in [1.165, 1.54) is 18.2 Å². The zero-order valence-corrected chi connectivity index (χ0v) is 12.2. The lowest BCUT2D eigenvalue weighted by Crippen LogP contribution is -2.37. The zero-order valence-electron chi connectivity index (χ0n) is 12.2.